The van der Waals surface area contributed by atoms with Gasteiger partial charge in [0.2, 0.25) is 0 Å². The Labute approximate surface area is 112 Å². The van der Waals surface area contributed by atoms with Crippen LogP contribution in [0.4, 0.5) is 0 Å². The molecular formula is C15H17NO3. The Morgan fingerprint density at radius 3 is 3.00 bits per heavy atom. The lowest BCUT2D eigenvalue weighted by molar-refractivity contribution is 0.0677. The number of hydrogen-bond donors (Lipinski definition) is 2. The molecule has 1 heterocycles. The van der Waals surface area contributed by atoms with Crippen molar-refractivity contribution in [2.75, 3.05) is 19.8 Å². The van der Waals surface area contributed by atoms with E-state index in [0.29, 0.717) is 17.7 Å². The average Bonchev–Trinajstić information content (AvgIpc) is 2.93. The van der Waals surface area contributed by atoms with Crippen LogP contribution in [0.3, 0.4) is 0 Å². The Morgan fingerprint density at radius 2 is 2.26 bits per heavy atom. The molecule has 100 valence electrons. The summed E-state index contributed by atoms with van der Waals surface area (Å²) in [6.45, 7) is 0.503. The zero-order chi connectivity index (χ0) is 13.7. The summed E-state index contributed by atoms with van der Waals surface area (Å²) in [6, 6.07) is 6.97. The number of nitrogens with zero attached hydrogens (tertiary/aromatic N) is 1. The van der Waals surface area contributed by atoms with Crippen molar-refractivity contribution in [3.05, 3.63) is 35.4 Å². The third-order valence-electron chi connectivity index (χ3n) is 3.27. The number of likely N-dealkylation sites (tertiary alicyclic amines) is 1. The zero-order valence-electron chi connectivity index (χ0n) is 10.7. The average molecular weight is 259 g/mol. The molecule has 1 unspecified atom stereocenters. The van der Waals surface area contributed by atoms with Crippen molar-refractivity contribution in [2.24, 2.45) is 0 Å². The Hall–Kier alpha value is -1.83. The van der Waals surface area contributed by atoms with Gasteiger partial charge >= 0.3 is 0 Å². The lowest BCUT2D eigenvalue weighted by Crippen LogP contribution is -2.37. The van der Waals surface area contributed by atoms with Gasteiger partial charge in [0.05, 0.1) is 12.6 Å². The van der Waals surface area contributed by atoms with Gasteiger partial charge in [-0.05, 0) is 31.0 Å². The van der Waals surface area contributed by atoms with Crippen LogP contribution in [-0.2, 0) is 0 Å². The number of hydrogen-bond acceptors (Lipinski definition) is 3. The van der Waals surface area contributed by atoms with E-state index in [4.69, 9.17) is 5.11 Å². The van der Waals surface area contributed by atoms with Crippen molar-refractivity contribution < 1.29 is 15.0 Å². The van der Waals surface area contributed by atoms with E-state index in [-0.39, 0.29) is 25.2 Å². The minimum atomic E-state index is -0.198. The molecule has 2 N–H and O–H groups in total. The molecule has 0 saturated carbocycles. The highest BCUT2D eigenvalue weighted by atomic mass is 16.3. The smallest absolute Gasteiger partial charge is 0.254 e. The van der Waals surface area contributed by atoms with Crippen molar-refractivity contribution in [2.45, 2.75) is 18.9 Å². The van der Waals surface area contributed by atoms with Crippen LogP contribution in [0.1, 0.15) is 28.8 Å². The summed E-state index contributed by atoms with van der Waals surface area (Å²) in [7, 11) is 0. The SMILES string of the molecule is O=C(c1cccc(C#CCO)c1)N1CCCC1CO. The molecule has 0 spiro atoms. The quantitative estimate of drug-likeness (QED) is 0.766. The van der Waals surface area contributed by atoms with Crippen LogP contribution in [0.2, 0.25) is 0 Å². The Kier molecular flexibility index (Phi) is 4.56. The van der Waals surface area contributed by atoms with Crippen molar-refractivity contribution >= 4 is 5.91 Å². The van der Waals surface area contributed by atoms with Gasteiger partial charge in [-0.15, -0.1) is 0 Å². The molecule has 4 nitrogen and oxygen atoms in total. The second-order valence-corrected chi connectivity index (χ2v) is 4.52. The van der Waals surface area contributed by atoms with Crippen LogP contribution < -0.4 is 0 Å². The lowest BCUT2D eigenvalue weighted by atomic mass is 10.1. The topological polar surface area (TPSA) is 60.8 Å². The van der Waals surface area contributed by atoms with E-state index >= 15 is 0 Å². The summed E-state index contributed by atoms with van der Waals surface area (Å²) in [5, 5.41) is 17.9. The van der Waals surface area contributed by atoms with Crippen LogP contribution in [0.25, 0.3) is 0 Å². The molecule has 0 aromatic heterocycles. The molecule has 1 aliphatic heterocycles. The van der Waals surface area contributed by atoms with E-state index < -0.39 is 0 Å². The van der Waals surface area contributed by atoms with E-state index in [9.17, 15) is 9.90 Å². The number of benzene rings is 1. The first-order valence-corrected chi connectivity index (χ1v) is 6.38. The standard InChI is InChI=1S/C15H17NO3/c17-9-3-5-12-4-1-6-13(10-12)15(19)16-8-2-7-14(16)11-18/h1,4,6,10,14,17-18H,2,7-9,11H2. The minimum Gasteiger partial charge on any atom is -0.394 e. The minimum absolute atomic E-state index is 0.00967. The van der Waals surface area contributed by atoms with Crippen LogP contribution in [0.15, 0.2) is 24.3 Å². The predicted octanol–water partition coefficient (Wildman–Crippen LogP) is 0.627. The summed E-state index contributed by atoms with van der Waals surface area (Å²) in [5.74, 6) is 5.28. The molecule has 1 aliphatic rings. The molecule has 1 atom stereocenters. The van der Waals surface area contributed by atoms with Crippen LogP contribution in [0, 0.1) is 11.8 Å². The molecular weight excluding hydrogens is 242 g/mol. The predicted molar refractivity (Wildman–Crippen MR) is 71.6 cm³/mol. The summed E-state index contributed by atoms with van der Waals surface area (Å²) < 4.78 is 0. The summed E-state index contributed by atoms with van der Waals surface area (Å²) in [5.41, 5.74) is 1.28. The first kappa shape index (κ1) is 13.6. The van der Waals surface area contributed by atoms with Gasteiger partial charge in [0, 0.05) is 17.7 Å². The molecule has 1 fully saturated rings. The highest BCUT2D eigenvalue weighted by molar-refractivity contribution is 5.95. The molecule has 0 aliphatic carbocycles. The normalized spacial score (nSPS) is 18.0. The molecule has 1 aromatic carbocycles. The highest BCUT2D eigenvalue weighted by Crippen LogP contribution is 2.20. The molecule has 4 heteroatoms. The van der Waals surface area contributed by atoms with Gasteiger partial charge < -0.3 is 15.1 Å². The molecule has 2 rings (SSSR count). The Balaban J connectivity index is 2.19. The van der Waals surface area contributed by atoms with Crippen LogP contribution in [-0.4, -0.2) is 46.8 Å². The molecule has 1 aromatic rings. The Morgan fingerprint density at radius 1 is 1.42 bits per heavy atom. The Bertz CT molecular complexity index is 516. The van der Waals surface area contributed by atoms with Crippen molar-refractivity contribution in [3.63, 3.8) is 0 Å². The van der Waals surface area contributed by atoms with Crippen LogP contribution in [0.5, 0.6) is 0 Å². The molecule has 19 heavy (non-hydrogen) atoms. The first-order valence-electron chi connectivity index (χ1n) is 6.38. The summed E-state index contributed by atoms with van der Waals surface area (Å²) >= 11 is 0. The number of carbonyl (C=O) groups excluding carboxylic acids is 1. The maximum Gasteiger partial charge on any atom is 0.254 e. The number of aliphatic hydroxyl groups is 2. The van der Waals surface area contributed by atoms with Gasteiger partial charge in [-0.1, -0.05) is 17.9 Å². The molecule has 0 radical (unpaired) electrons. The van der Waals surface area contributed by atoms with Crippen LogP contribution >= 0.6 is 0 Å². The number of amides is 1. The maximum atomic E-state index is 12.4. The second kappa shape index (κ2) is 6.37. The molecule has 0 bridgehead atoms. The van der Waals surface area contributed by atoms with Crippen molar-refractivity contribution in [1.29, 1.82) is 0 Å². The van der Waals surface area contributed by atoms with Crippen molar-refractivity contribution in [3.8, 4) is 11.8 Å². The van der Waals surface area contributed by atoms with Gasteiger partial charge in [-0.25, -0.2) is 0 Å². The fourth-order valence-electron chi connectivity index (χ4n) is 2.33. The number of aliphatic hydroxyl groups excluding tert-OH is 2. The third-order valence-corrected chi connectivity index (χ3v) is 3.27. The first-order chi connectivity index (χ1) is 9.26. The monoisotopic (exact) mass is 259 g/mol. The fraction of sp³-hybridized carbons (Fsp3) is 0.400. The lowest BCUT2D eigenvalue weighted by Gasteiger charge is -2.23. The van der Waals surface area contributed by atoms with E-state index in [1.165, 1.54) is 0 Å². The number of carbonyl (C=O) groups is 1. The van der Waals surface area contributed by atoms with Crippen molar-refractivity contribution in [1.82, 2.24) is 4.90 Å². The third kappa shape index (κ3) is 3.14. The maximum absolute atomic E-state index is 12.4. The zero-order valence-corrected chi connectivity index (χ0v) is 10.7. The number of rotatable bonds is 2. The van der Waals surface area contributed by atoms with E-state index in [0.717, 1.165) is 12.8 Å². The fourth-order valence-corrected chi connectivity index (χ4v) is 2.33. The summed E-state index contributed by atoms with van der Waals surface area (Å²) in [4.78, 5) is 14.1. The summed E-state index contributed by atoms with van der Waals surface area (Å²) in [6.07, 6.45) is 1.78. The largest absolute Gasteiger partial charge is 0.394 e. The second-order valence-electron chi connectivity index (χ2n) is 4.52. The molecule has 1 saturated heterocycles. The van der Waals surface area contributed by atoms with Gasteiger partial charge in [0.15, 0.2) is 0 Å². The van der Waals surface area contributed by atoms with E-state index in [1.54, 1.807) is 29.2 Å². The highest BCUT2D eigenvalue weighted by Gasteiger charge is 2.28. The van der Waals surface area contributed by atoms with E-state index in [1.807, 2.05) is 0 Å². The van der Waals surface area contributed by atoms with E-state index in [2.05, 4.69) is 11.8 Å². The molecule has 1 amide bonds. The van der Waals surface area contributed by atoms with Gasteiger partial charge in [-0.2, -0.15) is 0 Å². The van der Waals surface area contributed by atoms with Gasteiger partial charge in [0.25, 0.3) is 5.91 Å². The van der Waals surface area contributed by atoms with Gasteiger partial charge in [0.1, 0.15) is 6.61 Å². The van der Waals surface area contributed by atoms with Gasteiger partial charge in [-0.3, -0.25) is 4.79 Å².